The molecule has 0 spiro atoms. The zero-order chi connectivity index (χ0) is 11.1. The van der Waals surface area contributed by atoms with Crippen molar-refractivity contribution in [2.45, 2.75) is 5.09 Å². The lowest BCUT2D eigenvalue weighted by Gasteiger charge is -1.98. The summed E-state index contributed by atoms with van der Waals surface area (Å²) in [5.41, 5.74) is -0.711. The summed E-state index contributed by atoms with van der Waals surface area (Å²) in [5, 5.41) is 5.14. The number of primary sulfonamides is 1. The van der Waals surface area contributed by atoms with E-state index in [0.29, 0.717) is 10.8 Å². The minimum Gasteiger partial charge on any atom is -0.409 e. The van der Waals surface area contributed by atoms with Crippen LogP contribution in [-0.4, -0.2) is 8.42 Å². The molecule has 0 saturated heterocycles. The second-order valence-corrected chi connectivity index (χ2v) is 4.48. The van der Waals surface area contributed by atoms with Crippen molar-refractivity contribution in [3.05, 3.63) is 40.8 Å². The zero-order valence-electron chi connectivity index (χ0n) is 7.51. The molecule has 0 radical (unpaired) electrons. The zero-order valence-corrected chi connectivity index (χ0v) is 8.32. The summed E-state index contributed by atoms with van der Waals surface area (Å²) in [6.45, 7) is 0. The number of nitrogens with two attached hydrogens (primary N) is 1. The number of fused-ring (bicyclic) bond motifs is 1. The average molecular weight is 225 g/mol. The van der Waals surface area contributed by atoms with Crippen LogP contribution in [0.5, 0.6) is 0 Å². The number of benzene rings is 1. The van der Waals surface area contributed by atoms with Gasteiger partial charge in [-0.3, -0.25) is 0 Å². The highest BCUT2D eigenvalue weighted by molar-refractivity contribution is 7.89. The van der Waals surface area contributed by atoms with Gasteiger partial charge in [-0.15, -0.1) is 0 Å². The first-order valence-electron chi connectivity index (χ1n) is 4.04. The van der Waals surface area contributed by atoms with Gasteiger partial charge < -0.3 is 4.42 Å². The van der Waals surface area contributed by atoms with Crippen molar-refractivity contribution in [2.24, 2.45) is 5.14 Å². The first kappa shape index (κ1) is 9.88. The van der Waals surface area contributed by atoms with Gasteiger partial charge in [-0.2, -0.15) is 0 Å². The van der Waals surface area contributed by atoms with Crippen LogP contribution in [0.4, 0.5) is 0 Å². The molecule has 5 nitrogen and oxygen atoms in total. The Labute approximate surface area is 85.2 Å². The lowest BCUT2D eigenvalue weighted by Crippen LogP contribution is -2.15. The normalized spacial score (nSPS) is 11.8. The molecule has 2 aromatic rings. The van der Waals surface area contributed by atoms with Gasteiger partial charge in [0.05, 0.1) is 5.39 Å². The van der Waals surface area contributed by atoms with Crippen molar-refractivity contribution < 1.29 is 12.8 Å². The van der Waals surface area contributed by atoms with Crippen molar-refractivity contribution >= 4 is 20.8 Å². The second kappa shape index (κ2) is 3.18. The van der Waals surface area contributed by atoms with Crippen LogP contribution in [-0.2, 0) is 10.0 Å². The molecule has 0 unspecified atom stereocenters. The van der Waals surface area contributed by atoms with Gasteiger partial charge in [-0.25, -0.2) is 18.4 Å². The van der Waals surface area contributed by atoms with Gasteiger partial charge in [-0.05, 0) is 11.5 Å². The first-order chi connectivity index (χ1) is 6.98. The van der Waals surface area contributed by atoms with Gasteiger partial charge in [0.15, 0.2) is 0 Å². The van der Waals surface area contributed by atoms with Gasteiger partial charge in [0, 0.05) is 6.07 Å². The van der Waals surface area contributed by atoms with Crippen LogP contribution in [0.25, 0.3) is 10.8 Å². The number of hydrogen-bond acceptors (Lipinski definition) is 4. The fourth-order valence-corrected chi connectivity index (χ4v) is 1.73. The molecule has 0 fully saturated rings. The quantitative estimate of drug-likeness (QED) is 0.762. The molecule has 15 heavy (non-hydrogen) atoms. The highest BCUT2D eigenvalue weighted by Crippen LogP contribution is 2.13. The van der Waals surface area contributed by atoms with E-state index < -0.39 is 20.7 Å². The van der Waals surface area contributed by atoms with Crippen LogP contribution in [0.15, 0.2) is 44.6 Å². The molecule has 2 rings (SSSR count). The molecular weight excluding hydrogens is 218 g/mol. The Morgan fingerprint density at radius 2 is 1.87 bits per heavy atom. The predicted molar refractivity (Wildman–Crippen MR) is 53.9 cm³/mol. The number of rotatable bonds is 1. The van der Waals surface area contributed by atoms with Crippen molar-refractivity contribution in [2.75, 3.05) is 0 Å². The Morgan fingerprint density at radius 3 is 2.53 bits per heavy atom. The third kappa shape index (κ3) is 1.77. The minimum absolute atomic E-state index is 0.324. The molecule has 0 aliphatic rings. The topological polar surface area (TPSA) is 90.4 Å². The summed E-state index contributed by atoms with van der Waals surface area (Å²) >= 11 is 0. The average Bonchev–Trinajstić information content (AvgIpc) is 2.16. The summed E-state index contributed by atoms with van der Waals surface area (Å²) < 4.78 is 26.5. The van der Waals surface area contributed by atoms with Crippen LogP contribution in [0.2, 0.25) is 0 Å². The van der Waals surface area contributed by atoms with Gasteiger partial charge in [-0.1, -0.05) is 18.2 Å². The lowest BCUT2D eigenvalue weighted by molar-refractivity contribution is 0.411. The smallest absolute Gasteiger partial charge is 0.344 e. The summed E-state index contributed by atoms with van der Waals surface area (Å²) in [7, 11) is -3.98. The van der Waals surface area contributed by atoms with Gasteiger partial charge >= 0.3 is 5.63 Å². The Kier molecular flexibility index (Phi) is 2.09. The first-order valence-corrected chi connectivity index (χ1v) is 5.59. The maximum atomic E-state index is 11.4. The predicted octanol–water partition coefficient (Wildman–Crippen LogP) is 0.440. The summed E-state index contributed by atoms with van der Waals surface area (Å²) in [5.74, 6) is 0. The summed E-state index contributed by atoms with van der Waals surface area (Å²) in [6, 6.07) is 7.74. The van der Waals surface area contributed by atoms with E-state index in [-0.39, 0.29) is 0 Å². The molecule has 1 aromatic carbocycles. The van der Waals surface area contributed by atoms with E-state index >= 15 is 0 Å². The SMILES string of the molecule is NS(=O)(=O)c1cc2ccccc2c(=O)o1. The fourth-order valence-electron chi connectivity index (χ4n) is 1.25. The number of hydrogen-bond donors (Lipinski definition) is 1. The molecule has 0 aliphatic heterocycles. The van der Waals surface area contributed by atoms with Crippen LogP contribution in [0.1, 0.15) is 0 Å². The highest BCUT2D eigenvalue weighted by Gasteiger charge is 2.13. The third-order valence-electron chi connectivity index (χ3n) is 1.93. The van der Waals surface area contributed by atoms with E-state index in [0.717, 1.165) is 0 Å². The largest absolute Gasteiger partial charge is 0.409 e. The van der Waals surface area contributed by atoms with Crippen LogP contribution in [0.3, 0.4) is 0 Å². The molecule has 0 bridgehead atoms. The van der Waals surface area contributed by atoms with E-state index in [2.05, 4.69) is 4.42 Å². The van der Waals surface area contributed by atoms with E-state index in [1.165, 1.54) is 6.07 Å². The molecule has 0 amide bonds. The van der Waals surface area contributed by atoms with Gasteiger partial charge in [0.25, 0.3) is 10.0 Å². The van der Waals surface area contributed by atoms with Crippen molar-refractivity contribution in [1.29, 1.82) is 0 Å². The van der Waals surface area contributed by atoms with Crippen molar-refractivity contribution in [1.82, 2.24) is 0 Å². The van der Waals surface area contributed by atoms with Crippen LogP contribution >= 0.6 is 0 Å². The Morgan fingerprint density at radius 1 is 1.20 bits per heavy atom. The molecule has 1 aromatic heterocycles. The molecule has 0 atom stereocenters. The maximum Gasteiger partial charge on any atom is 0.344 e. The molecule has 78 valence electrons. The fraction of sp³-hybridized carbons (Fsp3) is 0. The van der Waals surface area contributed by atoms with Crippen LogP contribution < -0.4 is 10.8 Å². The van der Waals surface area contributed by atoms with E-state index in [4.69, 9.17) is 5.14 Å². The standard InChI is InChI=1S/C9H7NO4S/c10-15(12,13)8-5-6-3-1-2-4-7(6)9(11)14-8/h1-5H,(H2,10,12,13). The summed E-state index contributed by atoms with van der Waals surface area (Å²) in [4.78, 5) is 11.4. The van der Waals surface area contributed by atoms with Crippen molar-refractivity contribution in [3.8, 4) is 0 Å². The van der Waals surface area contributed by atoms with E-state index in [1.807, 2.05) is 0 Å². The molecule has 0 aliphatic carbocycles. The Hall–Kier alpha value is -1.66. The van der Waals surface area contributed by atoms with E-state index in [9.17, 15) is 13.2 Å². The Balaban J connectivity index is 2.91. The summed E-state index contributed by atoms with van der Waals surface area (Å²) in [6.07, 6.45) is 0. The number of sulfonamides is 1. The molecule has 6 heteroatoms. The highest BCUT2D eigenvalue weighted by atomic mass is 32.2. The monoisotopic (exact) mass is 225 g/mol. The Bertz CT molecular complexity index is 672. The lowest BCUT2D eigenvalue weighted by atomic mass is 10.2. The van der Waals surface area contributed by atoms with Gasteiger partial charge in [0.1, 0.15) is 0 Å². The molecular formula is C9H7NO4S. The second-order valence-electron chi connectivity index (χ2n) is 2.99. The molecule has 2 N–H and O–H groups in total. The molecule has 1 heterocycles. The van der Waals surface area contributed by atoms with Crippen molar-refractivity contribution in [3.63, 3.8) is 0 Å². The van der Waals surface area contributed by atoms with E-state index in [1.54, 1.807) is 24.3 Å². The minimum atomic E-state index is -3.98. The third-order valence-corrected chi connectivity index (χ3v) is 2.69. The van der Waals surface area contributed by atoms with Gasteiger partial charge in [0.2, 0.25) is 5.09 Å². The molecule has 0 saturated carbocycles. The maximum absolute atomic E-state index is 11.4. The van der Waals surface area contributed by atoms with Crippen LogP contribution in [0, 0.1) is 0 Å².